The van der Waals surface area contributed by atoms with Crippen LogP contribution in [0.15, 0.2) is 24.5 Å². The van der Waals surface area contributed by atoms with E-state index >= 15 is 0 Å². The van der Waals surface area contributed by atoms with E-state index in [2.05, 4.69) is 60.6 Å². The van der Waals surface area contributed by atoms with Crippen LogP contribution in [-0.2, 0) is 4.74 Å². The fourth-order valence-electron chi connectivity index (χ4n) is 2.75. The van der Waals surface area contributed by atoms with Gasteiger partial charge in [-0.2, -0.15) is 0 Å². The Morgan fingerprint density at radius 2 is 1.29 bits per heavy atom. The van der Waals surface area contributed by atoms with E-state index < -0.39 is 0 Å². The standard InChI is InChI=1S/C20H32O/c1-9-10-21-16(8)20-18(14(4)5)11-17(13(2)3)12-19(20)15(6)7/h9-16H,1-8H3/b10-9-/t16-/m0/s1. The van der Waals surface area contributed by atoms with Crippen LogP contribution in [0.4, 0.5) is 0 Å². The highest BCUT2D eigenvalue weighted by Gasteiger charge is 2.21. The molecule has 0 spiro atoms. The summed E-state index contributed by atoms with van der Waals surface area (Å²) in [5.41, 5.74) is 5.68. The van der Waals surface area contributed by atoms with Crippen LogP contribution in [-0.4, -0.2) is 0 Å². The first-order valence-corrected chi connectivity index (χ1v) is 8.23. The summed E-state index contributed by atoms with van der Waals surface area (Å²) < 4.78 is 5.88. The molecule has 0 saturated heterocycles. The smallest absolute Gasteiger partial charge is 0.121 e. The molecule has 0 radical (unpaired) electrons. The molecule has 0 saturated carbocycles. The van der Waals surface area contributed by atoms with Gasteiger partial charge in [-0.15, -0.1) is 0 Å². The first-order chi connectivity index (χ1) is 9.79. The van der Waals surface area contributed by atoms with Gasteiger partial charge in [-0.3, -0.25) is 0 Å². The third-order valence-corrected chi connectivity index (χ3v) is 4.00. The van der Waals surface area contributed by atoms with E-state index in [0.29, 0.717) is 17.8 Å². The normalized spacial score (nSPS) is 13.7. The minimum Gasteiger partial charge on any atom is -0.494 e. The summed E-state index contributed by atoms with van der Waals surface area (Å²) in [7, 11) is 0. The average Bonchev–Trinajstić information content (AvgIpc) is 2.42. The molecule has 1 atom stereocenters. The van der Waals surface area contributed by atoms with E-state index in [4.69, 9.17) is 4.74 Å². The second kappa shape index (κ2) is 7.68. The van der Waals surface area contributed by atoms with Gasteiger partial charge in [0, 0.05) is 0 Å². The third kappa shape index (κ3) is 4.36. The van der Waals surface area contributed by atoms with Crippen molar-refractivity contribution in [1.82, 2.24) is 0 Å². The molecule has 0 aliphatic rings. The van der Waals surface area contributed by atoms with Crippen molar-refractivity contribution in [2.24, 2.45) is 0 Å². The molecule has 1 aromatic carbocycles. The number of ether oxygens (including phenoxy) is 1. The Labute approximate surface area is 131 Å². The van der Waals surface area contributed by atoms with Crippen molar-refractivity contribution in [2.45, 2.75) is 79.2 Å². The molecule has 0 unspecified atom stereocenters. The van der Waals surface area contributed by atoms with Crippen molar-refractivity contribution in [1.29, 1.82) is 0 Å². The molecule has 0 aliphatic heterocycles. The highest BCUT2D eigenvalue weighted by Crippen LogP contribution is 2.36. The lowest BCUT2D eigenvalue weighted by Gasteiger charge is -2.26. The molecule has 0 heterocycles. The Morgan fingerprint density at radius 3 is 1.62 bits per heavy atom. The SMILES string of the molecule is C/C=C\O[C@@H](C)c1c(C(C)C)cc(C(C)C)cc1C(C)C. The molecular formula is C20H32O. The van der Waals surface area contributed by atoms with Gasteiger partial charge in [-0.05, 0) is 53.9 Å². The monoisotopic (exact) mass is 288 g/mol. The minimum absolute atomic E-state index is 0.0946. The lowest BCUT2D eigenvalue weighted by atomic mass is 9.82. The van der Waals surface area contributed by atoms with Crippen molar-refractivity contribution in [3.8, 4) is 0 Å². The maximum Gasteiger partial charge on any atom is 0.121 e. The minimum atomic E-state index is 0.0946. The summed E-state index contributed by atoms with van der Waals surface area (Å²) in [5.74, 6) is 1.57. The first-order valence-electron chi connectivity index (χ1n) is 8.23. The summed E-state index contributed by atoms with van der Waals surface area (Å²) in [6.45, 7) is 17.8. The van der Waals surface area contributed by atoms with Gasteiger partial charge in [-0.1, -0.05) is 59.8 Å². The molecule has 118 valence electrons. The number of benzene rings is 1. The summed E-state index contributed by atoms with van der Waals surface area (Å²) in [4.78, 5) is 0. The lowest BCUT2D eigenvalue weighted by Crippen LogP contribution is -2.10. The Bertz CT molecular complexity index is 452. The van der Waals surface area contributed by atoms with Crippen molar-refractivity contribution in [2.75, 3.05) is 0 Å². The molecule has 0 aliphatic carbocycles. The largest absolute Gasteiger partial charge is 0.494 e. The topological polar surface area (TPSA) is 9.23 Å². The molecule has 0 bridgehead atoms. The molecule has 0 aromatic heterocycles. The molecule has 0 amide bonds. The zero-order valence-corrected chi connectivity index (χ0v) is 15.0. The van der Waals surface area contributed by atoms with Gasteiger partial charge in [0.2, 0.25) is 0 Å². The third-order valence-electron chi connectivity index (χ3n) is 4.00. The number of hydrogen-bond acceptors (Lipinski definition) is 1. The molecule has 1 nitrogen and oxygen atoms in total. The van der Waals surface area contributed by atoms with E-state index in [1.807, 2.05) is 13.0 Å². The second-order valence-corrected chi connectivity index (χ2v) is 6.82. The van der Waals surface area contributed by atoms with Crippen LogP contribution in [0.2, 0.25) is 0 Å². The Morgan fingerprint density at radius 1 is 0.810 bits per heavy atom. The zero-order chi connectivity index (χ0) is 16.2. The van der Waals surface area contributed by atoms with Crippen LogP contribution in [0.3, 0.4) is 0 Å². The first kappa shape index (κ1) is 17.8. The predicted octanol–water partition coefficient (Wildman–Crippen LogP) is 6.67. The Hall–Kier alpha value is -1.24. The summed E-state index contributed by atoms with van der Waals surface area (Å²) in [6, 6.07) is 4.76. The maximum atomic E-state index is 5.88. The van der Waals surface area contributed by atoms with Crippen molar-refractivity contribution >= 4 is 0 Å². The Kier molecular flexibility index (Phi) is 6.51. The van der Waals surface area contributed by atoms with E-state index in [1.165, 1.54) is 22.3 Å². The highest BCUT2D eigenvalue weighted by molar-refractivity contribution is 5.44. The molecule has 1 heteroatoms. The highest BCUT2D eigenvalue weighted by atomic mass is 16.5. The molecule has 21 heavy (non-hydrogen) atoms. The van der Waals surface area contributed by atoms with Crippen LogP contribution < -0.4 is 0 Å². The fourth-order valence-corrected chi connectivity index (χ4v) is 2.75. The van der Waals surface area contributed by atoms with Crippen molar-refractivity contribution in [3.63, 3.8) is 0 Å². The summed E-state index contributed by atoms with van der Waals surface area (Å²) in [6.07, 6.45) is 3.84. The van der Waals surface area contributed by atoms with Crippen LogP contribution >= 0.6 is 0 Å². The number of rotatable bonds is 6. The second-order valence-electron chi connectivity index (χ2n) is 6.82. The molecule has 1 aromatic rings. The molecular weight excluding hydrogens is 256 g/mol. The molecule has 0 fully saturated rings. The predicted molar refractivity (Wildman–Crippen MR) is 93.0 cm³/mol. The quantitative estimate of drug-likeness (QED) is 0.531. The zero-order valence-electron chi connectivity index (χ0n) is 15.0. The maximum absolute atomic E-state index is 5.88. The summed E-state index contributed by atoms with van der Waals surface area (Å²) in [5, 5.41) is 0. The van der Waals surface area contributed by atoms with Gasteiger partial charge in [-0.25, -0.2) is 0 Å². The Balaban J connectivity index is 3.49. The molecule has 0 N–H and O–H groups in total. The van der Waals surface area contributed by atoms with Crippen LogP contribution in [0.1, 0.15) is 102 Å². The van der Waals surface area contributed by atoms with Crippen LogP contribution in [0.25, 0.3) is 0 Å². The van der Waals surface area contributed by atoms with Gasteiger partial charge >= 0.3 is 0 Å². The van der Waals surface area contributed by atoms with Gasteiger partial charge in [0.1, 0.15) is 6.10 Å². The average molecular weight is 288 g/mol. The van der Waals surface area contributed by atoms with Crippen LogP contribution in [0, 0.1) is 0 Å². The van der Waals surface area contributed by atoms with E-state index in [9.17, 15) is 0 Å². The van der Waals surface area contributed by atoms with Gasteiger partial charge in [0.15, 0.2) is 0 Å². The molecule has 1 rings (SSSR count). The number of allylic oxidation sites excluding steroid dienone is 1. The van der Waals surface area contributed by atoms with E-state index in [-0.39, 0.29) is 6.10 Å². The summed E-state index contributed by atoms with van der Waals surface area (Å²) >= 11 is 0. The van der Waals surface area contributed by atoms with Crippen LogP contribution in [0.5, 0.6) is 0 Å². The van der Waals surface area contributed by atoms with Crippen molar-refractivity contribution in [3.05, 3.63) is 46.7 Å². The van der Waals surface area contributed by atoms with E-state index in [0.717, 1.165) is 0 Å². The van der Waals surface area contributed by atoms with Gasteiger partial charge in [0.05, 0.1) is 6.26 Å². The van der Waals surface area contributed by atoms with Crippen molar-refractivity contribution < 1.29 is 4.74 Å². The lowest BCUT2D eigenvalue weighted by molar-refractivity contribution is 0.161. The number of hydrogen-bond donors (Lipinski definition) is 0. The van der Waals surface area contributed by atoms with E-state index in [1.54, 1.807) is 6.26 Å². The fraction of sp³-hybridized carbons (Fsp3) is 0.600. The van der Waals surface area contributed by atoms with Gasteiger partial charge in [0.25, 0.3) is 0 Å². The van der Waals surface area contributed by atoms with Gasteiger partial charge < -0.3 is 4.74 Å².